The lowest BCUT2D eigenvalue weighted by molar-refractivity contribution is 1.14. The molecule has 19 heavy (non-hydrogen) atoms. The summed E-state index contributed by atoms with van der Waals surface area (Å²) in [5, 5.41) is 0.197. The number of nitrogen functional groups attached to an aromatic ring is 1. The van der Waals surface area contributed by atoms with Crippen LogP contribution in [0.4, 0.5) is 11.5 Å². The van der Waals surface area contributed by atoms with Crippen LogP contribution in [0.15, 0.2) is 29.3 Å². The minimum atomic E-state index is 0.0867. The van der Waals surface area contributed by atoms with E-state index in [0.29, 0.717) is 5.69 Å². The number of aromatic nitrogens is 2. The molecule has 0 amide bonds. The number of rotatable bonds is 3. The van der Waals surface area contributed by atoms with Crippen LogP contribution in [0.2, 0.25) is 10.3 Å². The van der Waals surface area contributed by atoms with E-state index in [1.165, 1.54) is 11.8 Å². The van der Waals surface area contributed by atoms with Crippen LogP contribution in [0.1, 0.15) is 18.2 Å². The monoisotopic (exact) mass is 294 g/mol. The van der Waals surface area contributed by atoms with Gasteiger partial charge in [0.15, 0.2) is 16.1 Å². The summed E-state index contributed by atoms with van der Waals surface area (Å²) in [6.45, 7) is 2.10. The van der Waals surface area contributed by atoms with E-state index < -0.39 is 0 Å². The molecule has 0 atom stereocenters. The van der Waals surface area contributed by atoms with Gasteiger partial charge in [-0.2, -0.15) is 0 Å². The number of hydrogen-bond acceptors (Lipinski definition) is 4. The van der Waals surface area contributed by atoms with Crippen LogP contribution in [0.5, 0.6) is 0 Å². The summed E-state index contributed by atoms with van der Waals surface area (Å²) in [5.74, 6) is 0.198. The van der Waals surface area contributed by atoms with Gasteiger partial charge in [-0.15, -0.1) is 0 Å². The molecule has 2 rings (SSSR count). The zero-order valence-electron chi connectivity index (χ0n) is 10.3. The summed E-state index contributed by atoms with van der Waals surface area (Å²) in [6, 6.07) is 7.90. The van der Waals surface area contributed by atoms with Gasteiger partial charge in [-0.05, 0) is 24.1 Å². The molecule has 4 nitrogen and oxygen atoms in total. The van der Waals surface area contributed by atoms with E-state index in [1.807, 2.05) is 24.3 Å². The highest BCUT2D eigenvalue weighted by atomic mass is 35.5. The third kappa shape index (κ3) is 3.43. The van der Waals surface area contributed by atoms with Crippen molar-refractivity contribution >= 4 is 40.9 Å². The van der Waals surface area contributed by atoms with Crippen molar-refractivity contribution in [1.82, 2.24) is 9.97 Å². The number of nitrogens with zero attached hydrogens (tertiary/aromatic N) is 3. The van der Waals surface area contributed by atoms with E-state index in [9.17, 15) is 0 Å². The Kier molecular flexibility index (Phi) is 4.35. The maximum absolute atomic E-state index is 5.78. The Labute approximate surface area is 121 Å². The molecule has 1 aromatic heterocycles. The maximum Gasteiger partial charge on any atom is 0.168 e. The highest BCUT2D eigenvalue weighted by Gasteiger charge is 2.06. The first kappa shape index (κ1) is 13.8. The lowest BCUT2D eigenvalue weighted by atomic mass is 10.1. The predicted octanol–water partition coefficient (Wildman–Crippen LogP) is 3.68. The molecule has 98 valence electrons. The zero-order chi connectivity index (χ0) is 13.8. The Balaban J connectivity index is 2.24. The number of nitrogens with two attached hydrogens (primary N) is 1. The smallest absolute Gasteiger partial charge is 0.168 e. The van der Waals surface area contributed by atoms with Gasteiger partial charge in [-0.3, -0.25) is 4.99 Å². The van der Waals surface area contributed by atoms with Crippen LogP contribution in [-0.4, -0.2) is 16.2 Å². The van der Waals surface area contributed by atoms with Crippen molar-refractivity contribution in [3.8, 4) is 0 Å². The highest BCUT2D eigenvalue weighted by Crippen LogP contribution is 2.20. The first-order valence-corrected chi connectivity index (χ1v) is 6.47. The normalized spacial score (nSPS) is 11.1. The number of aliphatic imine (C=N–C) groups is 1. The van der Waals surface area contributed by atoms with Crippen LogP contribution in [0.3, 0.4) is 0 Å². The van der Waals surface area contributed by atoms with Gasteiger partial charge in [0.05, 0.1) is 11.9 Å². The van der Waals surface area contributed by atoms with E-state index in [4.69, 9.17) is 28.9 Å². The van der Waals surface area contributed by atoms with Gasteiger partial charge >= 0.3 is 0 Å². The van der Waals surface area contributed by atoms with E-state index in [2.05, 4.69) is 21.9 Å². The van der Waals surface area contributed by atoms with Crippen molar-refractivity contribution in [3.05, 3.63) is 45.8 Å². The van der Waals surface area contributed by atoms with Gasteiger partial charge in [0.1, 0.15) is 5.69 Å². The van der Waals surface area contributed by atoms with Crippen molar-refractivity contribution in [2.75, 3.05) is 5.73 Å². The van der Waals surface area contributed by atoms with Gasteiger partial charge in [-0.25, -0.2) is 9.97 Å². The number of halogens is 2. The molecule has 0 bridgehead atoms. The Bertz CT molecular complexity index is 609. The standard InChI is InChI=1S/C13H12Cl2N4/c1-2-8-3-5-9(6-4-8)17-7-10-13(16)19-12(15)11(14)18-10/h3-7H,2H2,1H3,(H2,16,19). The summed E-state index contributed by atoms with van der Waals surface area (Å²) in [6.07, 6.45) is 2.51. The summed E-state index contributed by atoms with van der Waals surface area (Å²) >= 11 is 11.5. The van der Waals surface area contributed by atoms with Gasteiger partial charge in [0.25, 0.3) is 0 Å². The topological polar surface area (TPSA) is 64.2 Å². The molecule has 2 N–H and O–H groups in total. The zero-order valence-corrected chi connectivity index (χ0v) is 11.8. The predicted molar refractivity (Wildman–Crippen MR) is 79.5 cm³/mol. The van der Waals surface area contributed by atoms with Crippen LogP contribution >= 0.6 is 23.2 Å². The van der Waals surface area contributed by atoms with Gasteiger partial charge in [0.2, 0.25) is 0 Å². The average molecular weight is 295 g/mol. The second kappa shape index (κ2) is 5.99. The molecular formula is C13H12Cl2N4. The molecule has 0 aliphatic carbocycles. The summed E-state index contributed by atoms with van der Waals surface area (Å²) in [4.78, 5) is 12.2. The second-order valence-electron chi connectivity index (χ2n) is 3.85. The van der Waals surface area contributed by atoms with Crippen molar-refractivity contribution < 1.29 is 0 Å². The molecule has 0 aliphatic rings. The maximum atomic E-state index is 5.78. The Morgan fingerprint density at radius 1 is 1.16 bits per heavy atom. The van der Waals surface area contributed by atoms with E-state index in [1.54, 1.807) is 0 Å². The number of benzene rings is 1. The summed E-state index contributed by atoms with van der Waals surface area (Å²) < 4.78 is 0. The van der Waals surface area contributed by atoms with Gasteiger partial charge in [-0.1, -0.05) is 42.3 Å². The Morgan fingerprint density at radius 3 is 2.42 bits per heavy atom. The van der Waals surface area contributed by atoms with Crippen LogP contribution < -0.4 is 5.73 Å². The van der Waals surface area contributed by atoms with E-state index >= 15 is 0 Å². The lowest BCUT2D eigenvalue weighted by Gasteiger charge is -2.01. The second-order valence-corrected chi connectivity index (χ2v) is 4.57. The van der Waals surface area contributed by atoms with Gasteiger partial charge in [0, 0.05) is 0 Å². The quantitative estimate of drug-likeness (QED) is 0.878. The molecule has 0 fully saturated rings. The largest absolute Gasteiger partial charge is 0.382 e. The molecule has 1 heterocycles. The molecule has 0 radical (unpaired) electrons. The minimum absolute atomic E-state index is 0.0867. The third-order valence-corrected chi connectivity index (χ3v) is 3.17. The molecule has 0 unspecified atom stereocenters. The van der Waals surface area contributed by atoms with Gasteiger partial charge < -0.3 is 5.73 Å². The number of anilines is 1. The lowest BCUT2D eigenvalue weighted by Crippen LogP contribution is -2.01. The molecule has 0 saturated heterocycles. The minimum Gasteiger partial charge on any atom is -0.382 e. The molecule has 6 heteroatoms. The van der Waals surface area contributed by atoms with Crippen LogP contribution in [-0.2, 0) is 6.42 Å². The third-order valence-electron chi connectivity index (χ3n) is 2.55. The van der Waals surface area contributed by atoms with Crippen LogP contribution in [0, 0.1) is 0 Å². The van der Waals surface area contributed by atoms with E-state index in [-0.39, 0.29) is 16.1 Å². The molecule has 2 aromatic rings. The van der Waals surface area contributed by atoms with Crippen molar-refractivity contribution in [2.45, 2.75) is 13.3 Å². The molecule has 1 aromatic carbocycles. The van der Waals surface area contributed by atoms with E-state index in [0.717, 1.165) is 12.1 Å². The van der Waals surface area contributed by atoms with Crippen molar-refractivity contribution in [3.63, 3.8) is 0 Å². The average Bonchev–Trinajstić information content (AvgIpc) is 2.42. The Hall–Kier alpha value is -1.65. The fraction of sp³-hybridized carbons (Fsp3) is 0.154. The number of aryl methyl sites for hydroxylation is 1. The SMILES string of the molecule is CCc1ccc(N=Cc2nc(Cl)c(Cl)nc2N)cc1. The first-order chi connectivity index (χ1) is 9.10. The molecule has 0 spiro atoms. The van der Waals surface area contributed by atoms with Crippen LogP contribution in [0.25, 0.3) is 0 Å². The molecule has 0 saturated carbocycles. The summed E-state index contributed by atoms with van der Waals surface area (Å²) in [5.41, 5.74) is 8.16. The Morgan fingerprint density at radius 2 is 1.79 bits per heavy atom. The first-order valence-electron chi connectivity index (χ1n) is 5.71. The van der Waals surface area contributed by atoms with Crippen molar-refractivity contribution in [1.29, 1.82) is 0 Å². The fourth-order valence-electron chi connectivity index (χ4n) is 1.47. The van der Waals surface area contributed by atoms with Crippen molar-refractivity contribution in [2.24, 2.45) is 4.99 Å². The fourth-order valence-corrected chi connectivity index (χ4v) is 1.73. The highest BCUT2D eigenvalue weighted by molar-refractivity contribution is 6.40. The number of hydrogen-bond donors (Lipinski definition) is 1. The molecule has 0 aliphatic heterocycles. The molecular weight excluding hydrogens is 283 g/mol. The summed E-state index contributed by atoms with van der Waals surface area (Å²) in [7, 11) is 0.